The molecular formula is C17H20N4O3. The molecule has 1 atom stereocenters. The standard InChI is InChI=1S/C17H20N4O3/c1-12-14(3-8-24-12)15(22)20-6-4-17(11-20)5-7-21(16(17)23)13-9-18-19(2)10-13/h3,8-10H,4-7,11H2,1-2H3/t17-/m0/s1. The van der Waals surface area contributed by atoms with Crippen LogP contribution in [0, 0.1) is 12.3 Å². The van der Waals surface area contributed by atoms with E-state index >= 15 is 0 Å². The van der Waals surface area contributed by atoms with Crippen LogP contribution in [0.2, 0.25) is 0 Å². The van der Waals surface area contributed by atoms with E-state index in [-0.39, 0.29) is 11.8 Å². The van der Waals surface area contributed by atoms with Gasteiger partial charge in [-0.3, -0.25) is 14.3 Å². The lowest BCUT2D eigenvalue weighted by molar-refractivity contribution is -0.124. The lowest BCUT2D eigenvalue weighted by Gasteiger charge is -2.23. The van der Waals surface area contributed by atoms with Crippen LogP contribution in [0.3, 0.4) is 0 Å². The van der Waals surface area contributed by atoms with Crippen LogP contribution < -0.4 is 4.90 Å². The van der Waals surface area contributed by atoms with Crippen molar-refractivity contribution in [1.29, 1.82) is 0 Å². The summed E-state index contributed by atoms with van der Waals surface area (Å²) in [5.74, 6) is 0.677. The molecule has 0 bridgehead atoms. The molecule has 0 aliphatic carbocycles. The second-order valence-electron chi connectivity index (χ2n) is 6.73. The average Bonchev–Trinajstić information content (AvgIpc) is 3.31. The molecule has 126 valence electrons. The lowest BCUT2D eigenvalue weighted by Crippen LogP contribution is -2.38. The Labute approximate surface area is 139 Å². The fourth-order valence-electron chi connectivity index (χ4n) is 3.82. The van der Waals surface area contributed by atoms with Gasteiger partial charge in [-0.2, -0.15) is 5.10 Å². The summed E-state index contributed by atoms with van der Waals surface area (Å²) in [6, 6.07) is 1.70. The quantitative estimate of drug-likeness (QED) is 0.839. The first kappa shape index (κ1) is 15.0. The molecule has 0 unspecified atom stereocenters. The van der Waals surface area contributed by atoms with Gasteiger partial charge in [0.15, 0.2) is 0 Å². The molecule has 7 heteroatoms. The first-order valence-corrected chi connectivity index (χ1v) is 8.14. The molecule has 2 fully saturated rings. The summed E-state index contributed by atoms with van der Waals surface area (Å²) >= 11 is 0. The van der Waals surface area contributed by atoms with Gasteiger partial charge in [0.1, 0.15) is 5.76 Å². The van der Waals surface area contributed by atoms with Crippen LogP contribution in [-0.4, -0.2) is 46.1 Å². The Bertz CT molecular complexity index is 808. The van der Waals surface area contributed by atoms with E-state index in [0.717, 1.165) is 12.1 Å². The van der Waals surface area contributed by atoms with E-state index in [1.54, 1.807) is 33.7 Å². The summed E-state index contributed by atoms with van der Waals surface area (Å²) in [4.78, 5) is 29.2. The van der Waals surface area contributed by atoms with Crippen molar-refractivity contribution in [3.63, 3.8) is 0 Å². The number of aromatic nitrogens is 2. The zero-order valence-corrected chi connectivity index (χ0v) is 13.9. The molecule has 0 aromatic carbocycles. The predicted octanol–water partition coefficient (Wildman–Crippen LogP) is 1.59. The summed E-state index contributed by atoms with van der Waals surface area (Å²) in [6.45, 7) is 3.54. The molecule has 0 radical (unpaired) electrons. The van der Waals surface area contributed by atoms with Crippen LogP contribution >= 0.6 is 0 Å². The maximum atomic E-state index is 13.0. The number of carbonyl (C=O) groups excluding carboxylic acids is 2. The van der Waals surface area contributed by atoms with Crippen LogP contribution in [-0.2, 0) is 11.8 Å². The average molecular weight is 328 g/mol. The SMILES string of the molecule is Cc1occc1C(=O)N1CC[C@]2(CCN(c3cnn(C)c3)C2=O)C1. The van der Waals surface area contributed by atoms with Gasteiger partial charge in [0.25, 0.3) is 5.91 Å². The van der Waals surface area contributed by atoms with Crippen molar-refractivity contribution >= 4 is 17.5 Å². The fourth-order valence-corrected chi connectivity index (χ4v) is 3.82. The third kappa shape index (κ3) is 2.15. The van der Waals surface area contributed by atoms with Gasteiger partial charge in [-0.15, -0.1) is 0 Å². The van der Waals surface area contributed by atoms with Crippen molar-refractivity contribution in [1.82, 2.24) is 14.7 Å². The molecule has 7 nitrogen and oxygen atoms in total. The Kier molecular flexibility index (Phi) is 3.26. The van der Waals surface area contributed by atoms with E-state index in [1.807, 2.05) is 13.2 Å². The number of hydrogen-bond acceptors (Lipinski definition) is 4. The lowest BCUT2D eigenvalue weighted by atomic mass is 9.85. The molecule has 0 saturated carbocycles. The van der Waals surface area contributed by atoms with Crippen molar-refractivity contribution in [2.24, 2.45) is 12.5 Å². The number of likely N-dealkylation sites (tertiary alicyclic amines) is 1. The molecule has 2 aromatic heterocycles. The third-order valence-corrected chi connectivity index (χ3v) is 5.25. The van der Waals surface area contributed by atoms with E-state index in [9.17, 15) is 9.59 Å². The first-order valence-electron chi connectivity index (χ1n) is 8.14. The van der Waals surface area contributed by atoms with Crippen molar-refractivity contribution in [3.8, 4) is 0 Å². The van der Waals surface area contributed by atoms with Gasteiger partial charge >= 0.3 is 0 Å². The van der Waals surface area contributed by atoms with E-state index in [1.165, 1.54) is 6.26 Å². The van der Waals surface area contributed by atoms with Crippen LogP contribution in [0.15, 0.2) is 29.1 Å². The number of rotatable bonds is 2. The van der Waals surface area contributed by atoms with Gasteiger partial charge in [-0.25, -0.2) is 0 Å². The minimum atomic E-state index is -0.455. The third-order valence-electron chi connectivity index (χ3n) is 5.25. The Morgan fingerprint density at radius 1 is 1.33 bits per heavy atom. The van der Waals surface area contributed by atoms with Crippen LogP contribution in [0.4, 0.5) is 5.69 Å². The van der Waals surface area contributed by atoms with Crippen molar-refractivity contribution in [3.05, 3.63) is 36.0 Å². The Morgan fingerprint density at radius 3 is 2.79 bits per heavy atom. The van der Waals surface area contributed by atoms with Crippen LogP contribution in [0.1, 0.15) is 29.0 Å². The fraction of sp³-hybridized carbons (Fsp3) is 0.471. The van der Waals surface area contributed by atoms with Crippen molar-refractivity contribution in [2.75, 3.05) is 24.5 Å². The molecule has 4 rings (SSSR count). The minimum Gasteiger partial charge on any atom is -0.469 e. The molecule has 0 N–H and O–H groups in total. The molecule has 2 amide bonds. The van der Waals surface area contributed by atoms with Gasteiger partial charge in [-0.05, 0) is 25.8 Å². The molecular weight excluding hydrogens is 308 g/mol. The Hall–Kier alpha value is -2.57. The van der Waals surface area contributed by atoms with E-state index in [4.69, 9.17) is 4.42 Å². The molecule has 2 aliphatic heterocycles. The van der Waals surface area contributed by atoms with Crippen molar-refractivity contribution < 1.29 is 14.0 Å². The number of carbonyl (C=O) groups is 2. The van der Waals surface area contributed by atoms with Gasteiger partial charge in [0, 0.05) is 32.9 Å². The molecule has 24 heavy (non-hydrogen) atoms. The number of amides is 2. The van der Waals surface area contributed by atoms with E-state index in [2.05, 4.69) is 5.10 Å². The van der Waals surface area contributed by atoms with E-state index < -0.39 is 5.41 Å². The smallest absolute Gasteiger partial charge is 0.257 e. The minimum absolute atomic E-state index is 0.0502. The summed E-state index contributed by atoms with van der Waals surface area (Å²) < 4.78 is 6.92. The summed E-state index contributed by atoms with van der Waals surface area (Å²) in [5.41, 5.74) is 0.958. The highest BCUT2D eigenvalue weighted by atomic mass is 16.3. The summed E-state index contributed by atoms with van der Waals surface area (Å²) in [7, 11) is 1.84. The highest BCUT2D eigenvalue weighted by Gasteiger charge is 2.52. The number of anilines is 1. The maximum absolute atomic E-state index is 13.0. The second kappa shape index (κ2) is 5.22. The monoisotopic (exact) mass is 328 g/mol. The maximum Gasteiger partial charge on any atom is 0.257 e. The van der Waals surface area contributed by atoms with Gasteiger partial charge in [0.05, 0.1) is 29.1 Å². The molecule has 4 heterocycles. The van der Waals surface area contributed by atoms with Crippen LogP contribution in [0.5, 0.6) is 0 Å². The summed E-state index contributed by atoms with van der Waals surface area (Å²) in [6.07, 6.45) is 6.58. The molecule has 2 aromatic rings. The highest BCUT2D eigenvalue weighted by Crippen LogP contribution is 2.42. The van der Waals surface area contributed by atoms with Crippen LogP contribution in [0.25, 0.3) is 0 Å². The van der Waals surface area contributed by atoms with Crippen molar-refractivity contribution in [2.45, 2.75) is 19.8 Å². The molecule has 1 spiro atoms. The van der Waals surface area contributed by atoms with E-state index in [0.29, 0.717) is 37.4 Å². The number of nitrogens with zero attached hydrogens (tertiary/aromatic N) is 4. The first-order chi connectivity index (χ1) is 11.5. The normalized spacial score (nSPS) is 23.7. The molecule has 2 saturated heterocycles. The van der Waals surface area contributed by atoms with Gasteiger partial charge in [0.2, 0.25) is 5.91 Å². The summed E-state index contributed by atoms with van der Waals surface area (Å²) in [5, 5.41) is 4.15. The van der Waals surface area contributed by atoms with Gasteiger partial charge < -0.3 is 14.2 Å². The highest BCUT2D eigenvalue weighted by molar-refractivity contribution is 6.01. The largest absolute Gasteiger partial charge is 0.469 e. The predicted molar refractivity (Wildman–Crippen MR) is 86.6 cm³/mol. The number of aryl methyl sites for hydroxylation is 2. The van der Waals surface area contributed by atoms with Gasteiger partial charge in [-0.1, -0.05) is 0 Å². The topological polar surface area (TPSA) is 71.6 Å². The number of hydrogen-bond donors (Lipinski definition) is 0. The zero-order valence-electron chi connectivity index (χ0n) is 13.9. The zero-order chi connectivity index (χ0) is 16.9. The second-order valence-corrected chi connectivity index (χ2v) is 6.73. The Morgan fingerprint density at radius 2 is 2.12 bits per heavy atom. The number of furan rings is 1. The Balaban J connectivity index is 1.53. The molecule has 2 aliphatic rings.